The molecule has 0 aliphatic carbocycles. The Balaban J connectivity index is 0.000000464. The normalized spacial score (nSPS) is 15.9. The molecule has 0 saturated carbocycles. The number of rotatable bonds is 22. The van der Waals surface area contributed by atoms with Gasteiger partial charge in [-0.1, -0.05) is 37.1 Å². The first-order valence-corrected chi connectivity index (χ1v) is 23.0. The van der Waals surface area contributed by atoms with Crippen LogP contribution in [0.4, 0.5) is 35.9 Å². The summed E-state index contributed by atoms with van der Waals surface area (Å²) < 4.78 is 90.0. The summed E-state index contributed by atoms with van der Waals surface area (Å²) in [5, 5.41) is 12.0. The number of carboxylic acid groups (broad SMARTS) is 1. The Labute approximate surface area is 409 Å². The number of carbonyl (C=O) groups is 5. The number of nitrogens with zero attached hydrogens (tertiary/aromatic N) is 5. The minimum Gasteiger partial charge on any atom is -0.481 e. The van der Waals surface area contributed by atoms with Crippen LogP contribution < -0.4 is 5.32 Å². The van der Waals surface area contributed by atoms with Crippen molar-refractivity contribution >= 4 is 59.8 Å². The molecule has 23 heteroatoms. The minimum atomic E-state index is -4.55. The van der Waals surface area contributed by atoms with Crippen molar-refractivity contribution in [2.24, 2.45) is 4.99 Å². The highest BCUT2D eigenvalue weighted by atomic mass is 35.5. The van der Waals surface area contributed by atoms with Crippen molar-refractivity contribution in [3.8, 4) is 0 Å². The molecule has 0 bridgehead atoms. The number of nitrogens with one attached hydrogen (secondary N) is 1. The van der Waals surface area contributed by atoms with E-state index in [0.717, 1.165) is 62.3 Å². The lowest BCUT2D eigenvalue weighted by Gasteiger charge is -2.29. The zero-order valence-electron chi connectivity index (χ0n) is 39.0. The van der Waals surface area contributed by atoms with Gasteiger partial charge >= 0.3 is 36.4 Å². The molecule has 5 amide bonds. The van der Waals surface area contributed by atoms with Crippen LogP contribution in [0.5, 0.6) is 0 Å². The van der Waals surface area contributed by atoms with Gasteiger partial charge in [0.05, 0.1) is 42.6 Å². The Morgan fingerprint density at radius 2 is 1.29 bits per heavy atom. The Bertz CT molecular complexity index is 2020. The molecule has 2 unspecified atom stereocenters. The summed E-state index contributed by atoms with van der Waals surface area (Å²) in [5.41, 5.74) is -2.07. The van der Waals surface area contributed by atoms with E-state index in [4.69, 9.17) is 21.1 Å². The van der Waals surface area contributed by atoms with Crippen LogP contribution >= 0.6 is 24.0 Å². The molecule has 3 heterocycles. The van der Waals surface area contributed by atoms with Crippen molar-refractivity contribution in [1.82, 2.24) is 24.9 Å². The number of aliphatic imine (C=N–C) groups is 1. The quantitative estimate of drug-likeness (QED) is 0.0506. The first-order valence-electron chi connectivity index (χ1n) is 22.4. The van der Waals surface area contributed by atoms with Gasteiger partial charge in [0.15, 0.2) is 5.90 Å². The van der Waals surface area contributed by atoms with Gasteiger partial charge in [-0.2, -0.15) is 26.3 Å². The number of carboxylic acids is 1. The van der Waals surface area contributed by atoms with Crippen LogP contribution in [0.2, 0.25) is 0 Å². The summed E-state index contributed by atoms with van der Waals surface area (Å²) in [6.07, 6.45) is -3.98. The summed E-state index contributed by atoms with van der Waals surface area (Å²) in [6.45, 7) is 9.23. The second kappa shape index (κ2) is 28.0. The van der Waals surface area contributed by atoms with Gasteiger partial charge in [0.2, 0.25) is 5.91 Å². The fourth-order valence-electron chi connectivity index (χ4n) is 7.89. The second-order valence-corrected chi connectivity index (χ2v) is 17.8. The van der Waals surface area contributed by atoms with Gasteiger partial charge < -0.3 is 45.0 Å². The van der Waals surface area contributed by atoms with E-state index in [-0.39, 0.29) is 66.5 Å². The number of aliphatic carboxylic acids is 1. The van der Waals surface area contributed by atoms with E-state index in [1.807, 2.05) is 0 Å². The van der Waals surface area contributed by atoms with E-state index >= 15 is 0 Å². The number of benzene rings is 2. The molecule has 2 aromatic carbocycles. The zero-order valence-corrected chi connectivity index (χ0v) is 40.6. The molecule has 0 radical (unpaired) electrons. The number of amides is 5. The van der Waals surface area contributed by atoms with Crippen molar-refractivity contribution in [1.29, 1.82) is 0 Å². The molecule has 2 fully saturated rings. The minimum absolute atomic E-state index is 0. The summed E-state index contributed by atoms with van der Waals surface area (Å²) in [5.74, 6) is -0.699. The summed E-state index contributed by atoms with van der Waals surface area (Å²) in [4.78, 5) is 71.9. The molecule has 2 saturated heterocycles. The lowest BCUT2D eigenvalue weighted by atomic mass is 9.99. The summed E-state index contributed by atoms with van der Waals surface area (Å²) in [6, 6.07) is 6.75. The fraction of sp³-hybridized carbons (Fsp3) is 0.609. The topological polar surface area (TPSA) is 193 Å². The summed E-state index contributed by atoms with van der Waals surface area (Å²) in [7, 11) is 0. The van der Waals surface area contributed by atoms with Crippen LogP contribution in [-0.2, 0) is 36.2 Å². The van der Waals surface area contributed by atoms with Crippen molar-refractivity contribution in [2.75, 3.05) is 64.8 Å². The third-order valence-corrected chi connectivity index (χ3v) is 11.3. The van der Waals surface area contributed by atoms with Gasteiger partial charge in [-0.15, -0.1) is 24.0 Å². The second-order valence-electron chi connectivity index (χ2n) is 17.4. The first-order chi connectivity index (χ1) is 31.6. The fourth-order valence-corrected chi connectivity index (χ4v) is 7.98. The van der Waals surface area contributed by atoms with Crippen LogP contribution in [0.15, 0.2) is 53.5 Å². The van der Waals surface area contributed by atoms with E-state index < -0.39 is 59.5 Å². The number of carbonyl (C=O) groups excluding carboxylic acids is 4. The van der Waals surface area contributed by atoms with E-state index in [0.29, 0.717) is 71.0 Å². The van der Waals surface area contributed by atoms with Gasteiger partial charge in [0, 0.05) is 64.5 Å². The monoisotopic (exact) mass is 1030 g/mol. The van der Waals surface area contributed by atoms with Crippen LogP contribution in [-0.4, -0.2) is 136 Å². The smallest absolute Gasteiger partial charge is 0.416 e. The van der Waals surface area contributed by atoms with E-state index in [1.54, 1.807) is 30.6 Å². The van der Waals surface area contributed by atoms with Crippen LogP contribution in [0.25, 0.3) is 0 Å². The highest BCUT2D eigenvalue weighted by molar-refractivity contribution is 6.18. The third kappa shape index (κ3) is 19.7. The average molecular weight is 1030 g/mol. The predicted octanol–water partition coefficient (Wildman–Crippen LogP) is 8.68. The van der Waals surface area contributed by atoms with Crippen molar-refractivity contribution in [3.05, 3.63) is 70.8 Å². The van der Waals surface area contributed by atoms with E-state index in [2.05, 4.69) is 10.3 Å². The van der Waals surface area contributed by atoms with Crippen molar-refractivity contribution in [2.45, 2.75) is 115 Å². The molecule has 69 heavy (non-hydrogen) atoms. The van der Waals surface area contributed by atoms with E-state index in [1.165, 1.54) is 34.1 Å². The number of esters is 1. The van der Waals surface area contributed by atoms with Crippen LogP contribution in [0, 0.1) is 0 Å². The number of unbranched alkanes of at least 4 members (excludes halogenated alkanes) is 4. The third-order valence-electron chi connectivity index (χ3n) is 11.1. The number of halogens is 8. The Morgan fingerprint density at radius 1 is 0.783 bits per heavy atom. The number of alkyl halides is 7. The molecular formula is C46H64Cl2F6N6O9. The molecule has 388 valence electrons. The average Bonchev–Trinajstić information content (AvgIpc) is 4.00. The molecule has 0 aromatic heterocycles. The maximum Gasteiger partial charge on any atom is 0.416 e. The number of urea groups is 2. The standard InChI is InChI=1S/C25H35ClF3N3O4.C21H26F3N3O4.ClH.H2O/c1-24(2,3)36-22(34)17-20(18-8-7-9-19(16-18)25(27,28)29)32-15-14-31(23(32)35)13-6-4-5-10-21(33)30-12-11-26;22-21(23,24)16-6-4-5-15(13-16)17(14-19(28)29)27-11-10-26(20(27)30)9-3-1-2-7-18-25-8-12-31-18;;/h7-9,16,20H,4-6,10-15,17H2,1-3H3,(H,30,33);4-6,13,17H,1-3,7-12,14H2,(H,28,29);1H;1H2. The summed E-state index contributed by atoms with van der Waals surface area (Å²) >= 11 is 5.54. The highest BCUT2D eigenvalue weighted by Crippen LogP contribution is 2.36. The number of ether oxygens (including phenoxy) is 2. The van der Waals surface area contributed by atoms with Gasteiger partial charge in [-0.05, 0) is 81.8 Å². The predicted molar refractivity (Wildman–Crippen MR) is 248 cm³/mol. The van der Waals surface area contributed by atoms with Gasteiger partial charge in [0.1, 0.15) is 12.2 Å². The Kier molecular flexibility index (Phi) is 24.4. The van der Waals surface area contributed by atoms with E-state index in [9.17, 15) is 55.4 Å². The largest absolute Gasteiger partial charge is 0.481 e. The van der Waals surface area contributed by atoms with Crippen LogP contribution in [0.3, 0.4) is 0 Å². The highest BCUT2D eigenvalue weighted by Gasteiger charge is 2.39. The SMILES string of the molecule is CC(C)(C)OC(=O)CC(c1cccc(C(F)(F)F)c1)N1CCN(CCCCCC(=O)NCCCl)C1=O.Cl.O.O=C(O)CC(c1cccc(C(F)(F)F)c1)N1CCN(CCCCCC2=NCCO2)C1=O. The first kappa shape index (κ1) is 60.1. The van der Waals surface area contributed by atoms with Gasteiger partial charge in [0.25, 0.3) is 0 Å². The molecule has 15 nitrogen and oxygen atoms in total. The lowest BCUT2D eigenvalue weighted by Crippen LogP contribution is -2.37. The zero-order chi connectivity index (χ0) is 49.4. The molecule has 5 rings (SSSR count). The molecule has 2 atom stereocenters. The maximum atomic E-state index is 13.3. The Morgan fingerprint density at radius 3 is 1.74 bits per heavy atom. The maximum absolute atomic E-state index is 13.3. The molecule has 2 aromatic rings. The number of hydrogen-bond acceptors (Lipinski definition) is 8. The molecule has 3 aliphatic rings. The number of hydrogen-bond donors (Lipinski definition) is 2. The molecular weight excluding hydrogens is 965 g/mol. The Hall–Kier alpha value is -5.02. The van der Waals surface area contributed by atoms with Crippen molar-refractivity contribution < 1.29 is 70.4 Å². The van der Waals surface area contributed by atoms with Crippen LogP contribution in [0.1, 0.15) is 119 Å². The lowest BCUT2D eigenvalue weighted by molar-refractivity contribution is -0.156. The molecule has 3 aliphatic heterocycles. The van der Waals surface area contributed by atoms with Crippen molar-refractivity contribution in [3.63, 3.8) is 0 Å². The van der Waals surface area contributed by atoms with Gasteiger partial charge in [-0.25, -0.2) is 9.59 Å². The van der Waals surface area contributed by atoms with Gasteiger partial charge in [-0.3, -0.25) is 19.4 Å². The molecule has 0 spiro atoms. The molecule has 4 N–H and O–H groups in total.